The van der Waals surface area contributed by atoms with Crippen molar-refractivity contribution in [1.29, 1.82) is 0 Å². The summed E-state index contributed by atoms with van der Waals surface area (Å²) in [6.45, 7) is 1.48. The van der Waals surface area contributed by atoms with Crippen molar-refractivity contribution < 1.29 is 44.3 Å². The Bertz CT molecular complexity index is 811. The zero-order chi connectivity index (χ0) is 25.8. The van der Waals surface area contributed by atoms with E-state index in [2.05, 4.69) is 10.2 Å². The Morgan fingerprint density at radius 3 is 2.54 bits per heavy atom. The second-order valence-electron chi connectivity index (χ2n) is 8.16. The highest BCUT2D eigenvalue weighted by Gasteiger charge is 2.37. The molecule has 1 saturated heterocycles. The van der Waals surface area contributed by atoms with E-state index in [-0.39, 0.29) is 31.9 Å². The van der Waals surface area contributed by atoms with Crippen LogP contribution in [0.2, 0.25) is 0 Å². The molecule has 0 spiro atoms. The highest BCUT2D eigenvalue weighted by molar-refractivity contribution is 5.87. The Balaban J connectivity index is 1.98. The molecule has 4 N–H and O–H groups in total. The Labute approximate surface area is 203 Å². The van der Waals surface area contributed by atoms with Gasteiger partial charge < -0.3 is 14.7 Å². The minimum atomic E-state index is -1.14. The fourth-order valence-corrected chi connectivity index (χ4v) is 3.54. The number of carboxylic acid groups (broad SMARTS) is 1. The predicted octanol–water partition coefficient (Wildman–Crippen LogP) is 0.418. The largest absolute Gasteiger partial charge is 0.480 e. The average molecular weight is 499 g/mol. The van der Waals surface area contributed by atoms with Crippen LogP contribution in [0.25, 0.3) is 0 Å². The quantitative estimate of drug-likeness (QED) is 0.159. The van der Waals surface area contributed by atoms with Crippen LogP contribution in [0.5, 0.6) is 0 Å². The number of hydrogen-bond acceptors (Lipinski definition) is 11. The zero-order valence-corrected chi connectivity index (χ0v) is 19.9. The number of carbonyl (C=O) groups is 3. The fraction of sp³-hybridized carbons (Fsp3) is 0.591. The maximum Gasteiger partial charge on any atom is 0.327 e. The van der Waals surface area contributed by atoms with Crippen LogP contribution in [0.4, 0.5) is 0 Å². The number of carbonyl (C=O) groups excluding carboxylic acids is 2. The number of unbranched alkanes of at least 4 members (excludes halogenated alkanes) is 1. The number of amides is 1. The number of likely N-dealkylation sites (N-methyl/N-ethyl adjacent to an activating group) is 1. The van der Waals surface area contributed by atoms with Gasteiger partial charge in [0.05, 0.1) is 31.2 Å². The van der Waals surface area contributed by atoms with Gasteiger partial charge in [0.2, 0.25) is 5.91 Å². The Morgan fingerprint density at radius 2 is 1.89 bits per heavy atom. The van der Waals surface area contributed by atoms with E-state index in [0.717, 1.165) is 10.5 Å². The molecule has 1 aliphatic rings. The summed E-state index contributed by atoms with van der Waals surface area (Å²) in [5.41, 5.74) is 1.01. The molecule has 3 unspecified atom stereocenters. The van der Waals surface area contributed by atoms with E-state index in [1.54, 1.807) is 14.0 Å². The van der Waals surface area contributed by atoms with Crippen LogP contribution >= 0.6 is 0 Å². The number of esters is 1. The summed E-state index contributed by atoms with van der Waals surface area (Å²) in [4.78, 5) is 48.4. The number of benzene rings is 1. The molecule has 1 fully saturated rings. The van der Waals surface area contributed by atoms with Gasteiger partial charge in [-0.15, -0.1) is 0 Å². The van der Waals surface area contributed by atoms with Crippen LogP contribution in [0.3, 0.4) is 0 Å². The van der Waals surface area contributed by atoms with E-state index in [4.69, 9.17) is 20.0 Å². The van der Waals surface area contributed by atoms with Crippen LogP contribution in [0, 0.1) is 0 Å². The Kier molecular flexibility index (Phi) is 12.0. The number of hydrogen-bond donors (Lipinski definition) is 4. The van der Waals surface area contributed by atoms with Gasteiger partial charge in [-0.05, 0) is 38.2 Å². The lowest BCUT2D eigenvalue weighted by molar-refractivity contribution is -0.492. The van der Waals surface area contributed by atoms with Crippen molar-refractivity contribution in [2.45, 2.75) is 50.7 Å². The SMILES string of the molecule is CC(NC(CCc1ccccc1)C(=O)OCCCCON(O)O)C(=O)N1CON(C)CC1C(=O)O. The first-order valence-electron chi connectivity index (χ1n) is 11.3. The van der Waals surface area contributed by atoms with Crippen LogP contribution in [0.1, 0.15) is 31.7 Å². The van der Waals surface area contributed by atoms with E-state index in [1.165, 1.54) is 5.06 Å². The standard InChI is InChI=1S/C22H34N4O9/c1-16(20(27)25-15-35-24(2)14-19(25)21(28)29)23-18(11-10-17-8-4-3-5-9-17)22(30)33-12-6-7-13-34-26(31)32/h3-5,8-9,16,18-19,23,31-32H,6-7,10-15H2,1-2H3,(H,28,29). The summed E-state index contributed by atoms with van der Waals surface area (Å²) in [6.07, 6.45) is 1.76. The first kappa shape index (κ1) is 28.6. The van der Waals surface area contributed by atoms with Gasteiger partial charge in [0.1, 0.15) is 18.8 Å². The summed E-state index contributed by atoms with van der Waals surface area (Å²) in [5.74, 6) is -2.19. The molecule has 196 valence electrons. The van der Waals surface area contributed by atoms with Crippen molar-refractivity contribution in [3.63, 3.8) is 0 Å². The van der Waals surface area contributed by atoms with Crippen molar-refractivity contribution in [2.75, 3.05) is 33.5 Å². The Hall–Kier alpha value is -2.65. The Morgan fingerprint density at radius 1 is 1.20 bits per heavy atom. The van der Waals surface area contributed by atoms with E-state index in [1.807, 2.05) is 30.3 Å². The van der Waals surface area contributed by atoms with Gasteiger partial charge >= 0.3 is 11.9 Å². The van der Waals surface area contributed by atoms with Gasteiger partial charge in [0, 0.05) is 7.05 Å². The van der Waals surface area contributed by atoms with Crippen molar-refractivity contribution >= 4 is 17.8 Å². The number of carboxylic acids is 1. The third kappa shape index (κ3) is 9.85. The molecule has 0 aromatic heterocycles. The van der Waals surface area contributed by atoms with Crippen LogP contribution in [0.15, 0.2) is 30.3 Å². The van der Waals surface area contributed by atoms with Crippen molar-refractivity contribution in [1.82, 2.24) is 20.7 Å². The molecule has 13 heteroatoms. The second kappa shape index (κ2) is 14.7. The number of hydroxylamine groups is 2. The highest BCUT2D eigenvalue weighted by Crippen LogP contribution is 2.13. The third-order valence-corrected chi connectivity index (χ3v) is 5.45. The summed E-state index contributed by atoms with van der Waals surface area (Å²) < 4.78 is 5.35. The second-order valence-corrected chi connectivity index (χ2v) is 8.16. The van der Waals surface area contributed by atoms with Gasteiger partial charge in [-0.25, -0.2) is 4.79 Å². The van der Waals surface area contributed by atoms with Crippen LogP contribution < -0.4 is 5.32 Å². The van der Waals surface area contributed by atoms with Gasteiger partial charge in [-0.1, -0.05) is 30.3 Å². The third-order valence-electron chi connectivity index (χ3n) is 5.45. The molecule has 0 aliphatic carbocycles. The molecule has 1 aliphatic heterocycles. The van der Waals surface area contributed by atoms with Crippen molar-refractivity contribution in [2.24, 2.45) is 0 Å². The molecular formula is C22H34N4O9. The molecule has 0 saturated carbocycles. The first-order chi connectivity index (χ1) is 16.7. The molecule has 3 atom stereocenters. The monoisotopic (exact) mass is 498 g/mol. The van der Waals surface area contributed by atoms with Crippen LogP contribution in [-0.2, 0) is 35.2 Å². The van der Waals surface area contributed by atoms with Crippen LogP contribution in [-0.4, -0.2) is 100 Å². The molecule has 1 amide bonds. The molecule has 2 rings (SSSR count). The normalized spacial score (nSPS) is 18.3. The minimum Gasteiger partial charge on any atom is -0.480 e. The molecule has 1 aromatic carbocycles. The van der Waals surface area contributed by atoms with Gasteiger partial charge in [-0.2, -0.15) is 5.06 Å². The number of aliphatic carboxylic acids is 1. The molecule has 13 nitrogen and oxygen atoms in total. The number of aryl methyl sites for hydroxylation is 1. The summed E-state index contributed by atoms with van der Waals surface area (Å²) in [5, 5.41) is 30.5. The van der Waals surface area contributed by atoms with E-state index in [9.17, 15) is 19.5 Å². The topological polar surface area (TPSA) is 161 Å². The molecule has 0 radical (unpaired) electrons. The lowest BCUT2D eigenvalue weighted by Gasteiger charge is -2.38. The molecular weight excluding hydrogens is 464 g/mol. The molecule has 35 heavy (non-hydrogen) atoms. The predicted molar refractivity (Wildman–Crippen MR) is 120 cm³/mol. The lowest BCUT2D eigenvalue weighted by atomic mass is 10.0. The van der Waals surface area contributed by atoms with E-state index >= 15 is 0 Å². The fourth-order valence-electron chi connectivity index (χ4n) is 3.54. The summed E-state index contributed by atoms with van der Waals surface area (Å²) in [7, 11) is 1.59. The average Bonchev–Trinajstić information content (AvgIpc) is 2.83. The number of ether oxygens (including phenoxy) is 1. The number of rotatable bonds is 14. The number of nitrogens with zero attached hydrogens (tertiary/aromatic N) is 3. The molecule has 1 aromatic rings. The molecule has 0 bridgehead atoms. The van der Waals surface area contributed by atoms with Gasteiger partial charge in [-0.3, -0.25) is 35.0 Å². The first-order valence-corrected chi connectivity index (χ1v) is 11.3. The van der Waals surface area contributed by atoms with Crippen molar-refractivity contribution in [3.8, 4) is 0 Å². The summed E-state index contributed by atoms with van der Waals surface area (Å²) in [6, 6.07) is 6.78. The van der Waals surface area contributed by atoms with Gasteiger partial charge in [0.25, 0.3) is 0 Å². The smallest absolute Gasteiger partial charge is 0.327 e. The maximum atomic E-state index is 13.0. The highest BCUT2D eigenvalue weighted by atomic mass is 17.1. The molecule has 1 heterocycles. The van der Waals surface area contributed by atoms with E-state index < -0.39 is 36.0 Å². The minimum absolute atomic E-state index is 0.0152. The van der Waals surface area contributed by atoms with Gasteiger partial charge in [0.15, 0.2) is 0 Å². The zero-order valence-electron chi connectivity index (χ0n) is 19.9. The number of nitrogens with one attached hydrogen (secondary N) is 1. The lowest BCUT2D eigenvalue weighted by Crippen LogP contribution is -2.60. The van der Waals surface area contributed by atoms with E-state index in [0.29, 0.717) is 25.7 Å². The van der Waals surface area contributed by atoms with Crippen molar-refractivity contribution in [3.05, 3.63) is 35.9 Å². The maximum absolute atomic E-state index is 13.0. The summed E-state index contributed by atoms with van der Waals surface area (Å²) >= 11 is 0.